The molecule has 0 fully saturated rings. The molecule has 0 aliphatic rings. The van der Waals surface area contributed by atoms with Crippen LogP contribution in [0.2, 0.25) is 0 Å². The smallest absolute Gasteiger partial charge is 0.409 e. The van der Waals surface area contributed by atoms with Gasteiger partial charge in [-0.3, -0.25) is 9.87 Å². The van der Waals surface area contributed by atoms with E-state index in [9.17, 15) is 9.00 Å². The molecule has 6 nitrogen and oxygen atoms in total. The van der Waals surface area contributed by atoms with Crippen LogP contribution in [0.1, 0.15) is 20.8 Å². The van der Waals surface area contributed by atoms with Crippen molar-refractivity contribution in [2.75, 3.05) is 6.73 Å². The fourth-order valence-corrected chi connectivity index (χ4v) is 0.613. The van der Waals surface area contributed by atoms with E-state index in [1.807, 2.05) is 0 Å². The molecular weight excluding hydrogens is 198 g/mol. The lowest BCUT2D eigenvalue weighted by molar-refractivity contribution is 0.0488. The standard InChI is InChI=1S/C6H13NO5S/c1-6(2,3)12-5(8)7-4-11-13(9)10/h4H2,1-3H3,(H,7,8)(H,9,10). The van der Waals surface area contributed by atoms with Crippen LogP contribution >= 0.6 is 0 Å². The van der Waals surface area contributed by atoms with Gasteiger partial charge < -0.3 is 4.74 Å². The summed E-state index contributed by atoms with van der Waals surface area (Å²) in [6.45, 7) is 4.75. The summed E-state index contributed by atoms with van der Waals surface area (Å²) >= 11 is -2.38. The van der Waals surface area contributed by atoms with E-state index in [4.69, 9.17) is 9.29 Å². The summed E-state index contributed by atoms with van der Waals surface area (Å²) in [5.41, 5.74) is -0.595. The highest BCUT2D eigenvalue weighted by molar-refractivity contribution is 7.74. The van der Waals surface area contributed by atoms with E-state index in [0.29, 0.717) is 0 Å². The summed E-state index contributed by atoms with van der Waals surface area (Å²) in [6, 6.07) is 0. The van der Waals surface area contributed by atoms with Crippen molar-refractivity contribution in [3.63, 3.8) is 0 Å². The second kappa shape index (κ2) is 5.15. The zero-order valence-electron chi connectivity index (χ0n) is 7.70. The number of ether oxygens (including phenoxy) is 1. The fourth-order valence-electron chi connectivity index (χ4n) is 0.453. The SMILES string of the molecule is CC(C)(C)OC(=O)NCOS(=O)O. The van der Waals surface area contributed by atoms with E-state index in [1.54, 1.807) is 20.8 Å². The lowest BCUT2D eigenvalue weighted by atomic mass is 10.2. The Labute approximate surface area is 79.1 Å². The van der Waals surface area contributed by atoms with Gasteiger partial charge in [-0.05, 0) is 20.8 Å². The molecule has 1 unspecified atom stereocenters. The third kappa shape index (κ3) is 9.25. The highest BCUT2D eigenvalue weighted by Gasteiger charge is 2.15. The number of carbonyl (C=O) groups is 1. The van der Waals surface area contributed by atoms with Crippen molar-refractivity contribution in [3.05, 3.63) is 0 Å². The van der Waals surface area contributed by atoms with E-state index in [0.717, 1.165) is 0 Å². The van der Waals surface area contributed by atoms with Crippen LogP contribution in [0.5, 0.6) is 0 Å². The Morgan fingerprint density at radius 1 is 1.54 bits per heavy atom. The maximum atomic E-state index is 10.8. The minimum absolute atomic E-state index is 0.363. The Balaban J connectivity index is 3.59. The molecule has 1 amide bonds. The van der Waals surface area contributed by atoms with E-state index in [1.165, 1.54) is 0 Å². The van der Waals surface area contributed by atoms with Crippen LogP contribution in [0, 0.1) is 0 Å². The van der Waals surface area contributed by atoms with E-state index >= 15 is 0 Å². The third-order valence-electron chi connectivity index (χ3n) is 0.775. The Morgan fingerprint density at radius 2 is 2.08 bits per heavy atom. The molecule has 0 spiro atoms. The molecule has 0 aromatic heterocycles. The Bertz CT molecular complexity index is 200. The monoisotopic (exact) mass is 211 g/mol. The largest absolute Gasteiger partial charge is 0.444 e. The van der Waals surface area contributed by atoms with Crippen LogP contribution in [-0.4, -0.2) is 27.2 Å². The summed E-state index contributed by atoms with van der Waals surface area (Å²) in [5, 5.41) is 2.13. The second-order valence-electron chi connectivity index (χ2n) is 3.16. The van der Waals surface area contributed by atoms with Crippen molar-refractivity contribution in [1.29, 1.82) is 0 Å². The van der Waals surface area contributed by atoms with Gasteiger partial charge in [0, 0.05) is 0 Å². The molecule has 13 heavy (non-hydrogen) atoms. The van der Waals surface area contributed by atoms with Gasteiger partial charge in [-0.2, -0.15) is 4.21 Å². The van der Waals surface area contributed by atoms with Gasteiger partial charge in [0.05, 0.1) is 0 Å². The Kier molecular flexibility index (Phi) is 4.89. The average Bonchev–Trinajstić information content (AvgIpc) is 1.81. The quantitative estimate of drug-likeness (QED) is 0.528. The van der Waals surface area contributed by atoms with Gasteiger partial charge in [0.15, 0.2) is 0 Å². The maximum absolute atomic E-state index is 10.8. The number of rotatable bonds is 3. The van der Waals surface area contributed by atoms with Crippen LogP contribution in [0.25, 0.3) is 0 Å². The molecule has 0 rings (SSSR count). The van der Waals surface area contributed by atoms with Crippen LogP contribution in [0.15, 0.2) is 0 Å². The van der Waals surface area contributed by atoms with Gasteiger partial charge in [-0.25, -0.2) is 8.98 Å². The molecule has 2 N–H and O–H groups in total. The number of hydrogen-bond acceptors (Lipinski definition) is 4. The molecule has 0 aliphatic carbocycles. The van der Waals surface area contributed by atoms with Crippen molar-refractivity contribution in [3.8, 4) is 0 Å². The van der Waals surface area contributed by atoms with Crippen molar-refractivity contribution in [2.45, 2.75) is 26.4 Å². The topological polar surface area (TPSA) is 84.9 Å². The number of nitrogens with one attached hydrogen (secondary N) is 1. The lowest BCUT2D eigenvalue weighted by Gasteiger charge is -2.19. The van der Waals surface area contributed by atoms with E-state index in [-0.39, 0.29) is 6.73 Å². The van der Waals surface area contributed by atoms with Crippen molar-refractivity contribution in [2.24, 2.45) is 0 Å². The van der Waals surface area contributed by atoms with Crippen molar-refractivity contribution in [1.82, 2.24) is 5.32 Å². The van der Waals surface area contributed by atoms with Crippen LogP contribution in [0.3, 0.4) is 0 Å². The zero-order valence-corrected chi connectivity index (χ0v) is 8.51. The number of hydrogen-bond donors (Lipinski definition) is 2. The van der Waals surface area contributed by atoms with Crippen molar-refractivity contribution < 1.29 is 22.5 Å². The van der Waals surface area contributed by atoms with E-state index in [2.05, 4.69) is 9.50 Å². The first-order chi connectivity index (χ1) is 5.81. The molecule has 0 aromatic carbocycles. The predicted octanol–water partition coefficient (Wildman–Crippen LogP) is 0.622. The zero-order chi connectivity index (χ0) is 10.5. The summed E-state index contributed by atoms with van der Waals surface area (Å²) in [7, 11) is 0. The molecule has 0 bridgehead atoms. The summed E-state index contributed by atoms with van der Waals surface area (Å²) < 4.78 is 27.1. The molecule has 0 saturated carbocycles. The summed E-state index contributed by atoms with van der Waals surface area (Å²) in [4.78, 5) is 10.8. The Hall–Kier alpha value is -0.660. The van der Waals surface area contributed by atoms with Crippen molar-refractivity contribution >= 4 is 17.5 Å². The minimum Gasteiger partial charge on any atom is -0.444 e. The molecule has 7 heteroatoms. The first-order valence-corrected chi connectivity index (χ1v) is 4.55. The van der Waals surface area contributed by atoms with Crippen LogP contribution in [0.4, 0.5) is 4.79 Å². The molecule has 0 heterocycles. The first kappa shape index (κ1) is 12.3. The molecule has 0 aliphatic heterocycles. The summed E-state index contributed by atoms with van der Waals surface area (Å²) in [6.07, 6.45) is -0.696. The predicted molar refractivity (Wildman–Crippen MR) is 46.1 cm³/mol. The third-order valence-corrected chi connectivity index (χ3v) is 1.09. The number of alkyl carbamates (subject to hydrolysis) is 1. The highest BCUT2D eigenvalue weighted by atomic mass is 32.2. The molecule has 0 saturated heterocycles. The highest BCUT2D eigenvalue weighted by Crippen LogP contribution is 2.05. The van der Waals surface area contributed by atoms with E-state index < -0.39 is 23.1 Å². The van der Waals surface area contributed by atoms with Gasteiger partial charge in [0.1, 0.15) is 12.3 Å². The normalized spacial score (nSPS) is 13.5. The van der Waals surface area contributed by atoms with Crippen LogP contribution < -0.4 is 5.32 Å². The summed E-state index contributed by atoms with van der Waals surface area (Å²) in [5.74, 6) is 0. The Morgan fingerprint density at radius 3 is 2.46 bits per heavy atom. The van der Waals surface area contributed by atoms with Crippen LogP contribution in [-0.2, 0) is 20.3 Å². The average molecular weight is 211 g/mol. The number of carbonyl (C=O) groups excluding carboxylic acids is 1. The lowest BCUT2D eigenvalue weighted by Crippen LogP contribution is -2.33. The fraction of sp³-hybridized carbons (Fsp3) is 0.833. The molecule has 1 atom stereocenters. The molecular formula is C6H13NO5S. The molecule has 0 radical (unpaired) electrons. The van der Waals surface area contributed by atoms with Gasteiger partial charge in [-0.15, -0.1) is 0 Å². The van der Waals surface area contributed by atoms with Gasteiger partial charge in [0.2, 0.25) is 0 Å². The first-order valence-electron chi connectivity index (χ1n) is 3.52. The maximum Gasteiger partial charge on any atom is 0.409 e. The molecule has 78 valence electrons. The van der Waals surface area contributed by atoms with Gasteiger partial charge >= 0.3 is 17.5 Å². The van der Waals surface area contributed by atoms with Gasteiger partial charge in [-0.1, -0.05) is 0 Å². The number of amides is 1. The van der Waals surface area contributed by atoms with Gasteiger partial charge in [0.25, 0.3) is 0 Å². The minimum atomic E-state index is -2.38. The second-order valence-corrected chi connectivity index (χ2v) is 3.83. The molecule has 0 aromatic rings.